The molecular weight excluding hydrogens is 228 g/mol. The predicted octanol–water partition coefficient (Wildman–Crippen LogP) is 2.02. The molecule has 4 heteroatoms. The molecule has 0 N–H and O–H groups in total. The molecule has 0 spiro atoms. The average molecular weight is 242 g/mol. The van der Waals surface area contributed by atoms with Gasteiger partial charge in [-0.3, -0.25) is 0 Å². The van der Waals surface area contributed by atoms with Crippen LogP contribution in [0.25, 0.3) is 0 Å². The third kappa shape index (κ3) is 2.35. The van der Waals surface area contributed by atoms with Gasteiger partial charge in [-0.05, 0) is 25.0 Å². The van der Waals surface area contributed by atoms with Gasteiger partial charge >= 0.3 is 5.97 Å². The molecule has 0 saturated carbocycles. The molecule has 4 nitrogen and oxygen atoms in total. The predicted molar refractivity (Wildman–Crippen MR) is 67.8 cm³/mol. The quantitative estimate of drug-likeness (QED) is 0.462. The molecule has 2 rings (SSSR count). The van der Waals surface area contributed by atoms with Crippen LogP contribution in [0.1, 0.15) is 12.5 Å². The summed E-state index contributed by atoms with van der Waals surface area (Å²) in [4.78, 5) is 13.5. The van der Waals surface area contributed by atoms with Gasteiger partial charge in [0.15, 0.2) is 5.57 Å². The number of anilines is 1. The Labute approximate surface area is 106 Å². The maximum absolute atomic E-state index is 11.5. The maximum Gasteiger partial charge on any atom is 0.350 e. The van der Waals surface area contributed by atoms with Gasteiger partial charge in [0, 0.05) is 18.4 Å². The highest BCUT2D eigenvalue weighted by molar-refractivity contribution is 5.93. The summed E-state index contributed by atoms with van der Waals surface area (Å²) in [6, 6.07) is 9.86. The topological polar surface area (TPSA) is 53.3 Å². The second kappa shape index (κ2) is 5.37. The van der Waals surface area contributed by atoms with E-state index in [1.165, 1.54) is 5.56 Å². The number of nitriles is 1. The maximum atomic E-state index is 11.5. The molecule has 0 bridgehead atoms. The van der Waals surface area contributed by atoms with E-state index in [4.69, 9.17) is 10.00 Å². The fraction of sp³-hybridized carbons (Fsp3) is 0.286. The third-order valence-electron chi connectivity index (χ3n) is 2.82. The zero-order valence-corrected chi connectivity index (χ0v) is 10.2. The first-order valence-electron chi connectivity index (χ1n) is 5.90. The summed E-state index contributed by atoms with van der Waals surface area (Å²) in [5.74, 6) is -0.565. The van der Waals surface area contributed by atoms with Crippen LogP contribution in [0.3, 0.4) is 0 Å². The van der Waals surface area contributed by atoms with Crippen LogP contribution in [-0.4, -0.2) is 19.1 Å². The Hall–Kier alpha value is -2.28. The zero-order valence-electron chi connectivity index (χ0n) is 10.2. The van der Waals surface area contributed by atoms with Crippen molar-refractivity contribution in [2.24, 2.45) is 0 Å². The molecule has 1 heterocycles. The fourth-order valence-electron chi connectivity index (χ4n) is 1.99. The molecule has 0 unspecified atom stereocenters. The van der Waals surface area contributed by atoms with Crippen LogP contribution in [0, 0.1) is 11.3 Å². The molecule has 1 aliphatic heterocycles. The van der Waals surface area contributed by atoms with E-state index in [2.05, 4.69) is 6.07 Å². The lowest BCUT2D eigenvalue weighted by atomic mass is 10.2. The van der Waals surface area contributed by atoms with Crippen molar-refractivity contribution < 1.29 is 9.53 Å². The number of esters is 1. The minimum absolute atomic E-state index is 0.0357. The second-order valence-corrected chi connectivity index (χ2v) is 3.95. The Morgan fingerprint density at radius 3 is 3.06 bits per heavy atom. The number of hydrogen-bond acceptors (Lipinski definition) is 4. The van der Waals surface area contributed by atoms with Crippen LogP contribution in [0.4, 0.5) is 5.69 Å². The van der Waals surface area contributed by atoms with Gasteiger partial charge in [-0.2, -0.15) is 5.26 Å². The van der Waals surface area contributed by atoms with Gasteiger partial charge in [-0.25, -0.2) is 4.79 Å². The lowest BCUT2D eigenvalue weighted by Gasteiger charge is -2.14. The molecule has 0 amide bonds. The highest BCUT2D eigenvalue weighted by atomic mass is 16.5. The summed E-state index contributed by atoms with van der Waals surface area (Å²) in [5.41, 5.74) is 2.32. The van der Waals surface area contributed by atoms with Crippen LogP contribution in [0.15, 0.2) is 36.0 Å². The normalized spacial score (nSPS) is 14.0. The number of carbonyl (C=O) groups excluding carboxylic acids is 1. The number of fused-ring (bicyclic) bond motifs is 1. The van der Waals surface area contributed by atoms with Crippen LogP contribution < -0.4 is 4.90 Å². The van der Waals surface area contributed by atoms with E-state index < -0.39 is 5.97 Å². The summed E-state index contributed by atoms with van der Waals surface area (Å²) in [7, 11) is 0. The minimum Gasteiger partial charge on any atom is -0.462 e. The van der Waals surface area contributed by atoms with Crippen LogP contribution in [-0.2, 0) is 16.0 Å². The second-order valence-electron chi connectivity index (χ2n) is 3.95. The first kappa shape index (κ1) is 12.2. The molecule has 1 aromatic rings. The summed E-state index contributed by atoms with van der Waals surface area (Å²) in [6.07, 6.45) is 2.50. The lowest BCUT2D eigenvalue weighted by Crippen LogP contribution is -2.16. The number of hydrogen-bond donors (Lipinski definition) is 0. The summed E-state index contributed by atoms with van der Waals surface area (Å²) >= 11 is 0. The molecule has 18 heavy (non-hydrogen) atoms. The van der Waals surface area contributed by atoms with E-state index >= 15 is 0 Å². The third-order valence-corrected chi connectivity index (χ3v) is 2.82. The molecule has 0 atom stereocenters. The summed E-state index contributed by atoms with van der Waals surface area (Å²) < 4.78 is 4.84. The van der Waals surface area contributed by atoms with Gasteiger partial charge in [0.2, 0.25) is 0 Å². The molecule has 0 aliphatic carbocycles. The Morgan fingerprint density at radius 1 is 1.56 bits per heavy atom. The SMILES string of the molecule is CCOC(=O)/C(C#N)=C\N1CCc2ccccc21. The standard InChI is InChI=1S/C14H14N2O2/c1-2-18-14(17)12(9-15)10-16-8-7-11-5-3-4-6-13(11)16/h3-6,10H,2,7-8H2,1H3/b12-10-. The molecule has 1 aromatic carbocycles. The van der Waals surface area contributed by atoms with E-state index in [-0.39, 0.29) is 12.2 Å². The van der Waals surface area contributed by atoms with E-state index in [1.54, 1.807) is 13.1 Å². The molecule has 92 valence electrons. The highest BCUT2D eigenvalue weighted by Crippen LogP contribution is 2.28. The minimum atomic E-state index is -0.565. The Balaban J connectivity index is 2.24. The van der Waals surface area contributed by atoms with Crippen molar-refractivity contribution in [1.29, 1.82) is 5.26 Å². The smallest absolute Gasteiger partial charge is 0.350 e. The van der Waals surface area contributed by atoms with Crippen molar-refractivity contribution in [2.45, 2.75) is 13.3 Å². The summed E-state index contributed by atoms with van der Waals surface area (Å²) in [5, 5.41) is 8.99. The molecule has 0 saturated heterocycles. The van der Waals surface area contributed by atoms with Crippen molar-refractivity contribution in [2.75, 3.05) is 18.1 Å². The zero-order chi connectivity index (χ0) is 13.0. The first-order chi connectivity index (χ1) is 8.76. The van der Waals surface area contributed by atoms with Gasteiger partial charge < -0.3 is 9.64 Å². The molecular formula is C14H14N2O2. The van der Waals surface area contributed by atoms with Crippen molar-refractivity contribution in [3.63, 3.8) is 0 Å². The van der Waals surface area contributed by atoms with Gasteiger partial charge in [0.05, 0.1) is 6.61 Å². The number of benzene rings is 1. The summed E-state index contributed by atoms with van der Waals surface area (Å²) in [6.45, 7) is 2.77. The monoisotopic (exact) mass is 242 g/mol. The van der Waals surface area contributed by atoms with Crippen molar-refractivity contribution in [1.82, 2.24) is 0 Å². The van der Waals surface area contributed by atoms with Gasteiger partial charge in [0.1, 0.15) is 6.07 Å². The Bertz CT molecular complexity index is 529. The first-order valence-corrected chi connectivity index (χ1v) is 5.90. The Kier molecular flexibility index (Phi) is 3.63. The molecule has 0 radical (unpaired) electrons. The number of para-hydroxylation sites is 1. The van der Waals surface area contributed by atoms with E-state index in [9.17, 15) is 4.79 Å². The van der Waals surface area contributed by atoms with Crippen LogP contribution >= 0.6 is 0 Å². The van der Waals surface area contributed by atoms with E-state index in [0.29, 0.717) is 0 Å². The van der Waals surface area contributed by atoms with Gasteiger partial charge in [-0.15, -0.1) is 0 Å². The van der Waals surface area contributed by atoms with E-state index in [1.807, 2.05) is 29.2 Å². The average Bonchev–Trinajstić information content (AvgIpc) is 2.79. The largest absolute Gasteiger partial charge is 0.462 e. The highest BCUT2D eigenvalue weighted by Gasteiger charge is 2.19. The number of nitrogens with zero attached hydrogens (tertiary/aromatic N) is 2. The molecule has 1 aliphatic rings. The van der Waals surface area contributed by atoms with E-state index in [0.717, 1.165) is 18.7 Å². The number of carbonyl (C=O) groups is 1. The van der Waals surface area contributed by atoms with Gasteiger partial charge in [-0.1, -0.05) is 18.2 Å². The van der Waals surface area contributed by atoms with Crippen molar-refractivity contribution in [3.8, 4) is 6.07 Å². The van der Waals surface area contributed by atoms with Crippen LogP contribution in [0.2, 0.25) is 0 Å². The fourth-order valence-corrected chi connectivity index (χ4v) is 1.99. The van der Waals surface area contributed by atoms with Crippen molar-refractivity contribution in [3.05, 3.63) is 41.6 Å². The number of rotatable bonds is 3. The molecule has 0 aromatic heterocycles. The molecule has 0 fully saturated rings. The van der Waals surface area contributed by atoms with Gasteiger partial charge in [0.25, 0.3) is 0 Å². The van der Waals surface area contributed by atoms with Crippen molar-refractivity contribution >= 4 is 11.7 Å². The lowest BCUT2D eigenvalue weighted by molar-refractivity contribution is -0.138. The van der Waals surface area contributed by atoms with Crippen LogP contribution in [0.5, 0.6) is 0 Å². The Morgan fingerprint density at radius 2 is 2.33 bits per heavy atom. The number of ether oxygens (including phenoxy) is 1.